The Morgan fingerprint density at radius 3 is 2.25 bits per heavy atom. The second-order valence-corrected chi connectivity index (χ2v) is 8.82. The van der Waals surface area contributed by atoms with Crippen LogP contribution in [0.15, 0.2) is 42.5 Å². The summed E-state index contributed by atoms with van der Waals surface area (Å²) in [6, 6.07) is 14.2. The molecule has 1 heterocycles. The van der Waals surface area contributed by atoms with E-state index >= 15 is 0 Å². The number of likely N-dealkylation sites (N-methyl/N-ethyl adjacent to an activating group) is 1. The number of hydrogen-bond acceptors (Lipinski definition) is 5. The Labute approximate surface area is 191 Å². The van der Waals surface area contributed by atoms with Crippen molar-refractivity contribution in [2.75, 3.05) is 64.1 Å². The highest BCUT2D eigenvalue weighted by molar-refractivity contribution is 6.39. The number of carbonyl (C=O) groups is 2. The molecule has 0 saturated carbocycles. The Balaban J connectivity index is 1.69. The Bertz CT molecular complexity index is 934. The van der Waals surface area contributed by atoms with Crippen molar-refractivity contribution in [1.29, 1.82) is 0 Å². The summed E-state index contributed by atoms with van der Waals surface area (Å²) in [4.78, 5) is 31.9. The Hall–Kier alpha value is -2.90. The van der Waals surface area contributed by atoms with Gasteiger partial charge in [-0.25, -0.2) is 0 Å². The first-order chi connectivity index (χ1) is 15.2. The van der Waals surface area contributed by atoms with E-state index in [1.54, 1.807) is 0 Å². The van der Waals surface area contributed by atoms with Crippen molar-refractivity contribution in [3.8, 4) is 0 Å². The lowest BCUT2D eigenvalue weighted by molar-refractivity contribution is -0.136. The molecule has 0 spiro atoms. The zero-order valence-corrected chi connectivity index (χ0v) is 19.8. The van der Waals surface area contributed by atoms with Crippen LogP contribution in [0.25, 0.3) is 0 Å². The molecule has 0 unspecified atom stereocenters. The van der Waals surface area contributed by atoms with E-state index in [2.05, 4.69) is 56.6 Å². The van der Waals surface area contributed by atoms with Crippen molar-refractivity contribution in [2.45, 2.75) is 19.9 Å². The third-order valence-corrected chi connectivity index (χ3v) is 6.08. The quantitative estimate of drug-likeness (QED) is 0.680. The smallest absolute Gasteiger partial charge is 0.313 e. The van der Waals surface area contributed by atoms with Crippen molar-refractivity contribution in [3.63, 3.8) is 0 Å². The molecule has 7 heteroatoms. The fraction of sp³-hybridized carbons (Fsp3) is 0.440. The summed E-state index contributed by atoms with van der Waals surface area (Å²) in [7, 11) is 6.15. The lowest BCUT2D eigenvalue weighted by atomic mass is 10.0. The van der Waals surface area contributed by atoms with Gasteiger partial charge in [0.1, 0.15) is 0 Å². The lowest BCUT2D eigenvalue weighted by Gasteiger charge is -2.38. The summed E-state index contributed by atoms with van der Waals surface area (Å²) in [6.07, 6.45) is 0. The zero-order valence-electron chi connectivity index (χ0n) is 19.8. The maximum atomic E-state index is 12.6. The number of anilines is 2. The molecule has 0 radical (unpaired) electrons. The topological polar surface area (TPSA) is 67.9 Å². The highest BCUT2D eigenvalue weighted by Crippen LogP contribution is 2.24. The van der Waals surface area contributed by atoms with Crippen LogP contribution in [0.3, 0.4) is 0 Å². The number of aryl methyl sites for hydroxylation is 2. The molecule has 172 valence electrons. The van der Waals surface area contributed by atoms with Crippen molar-refractivity contribution in [1.82, 2.24) is 15.1 Å². The van der Waals surface area contributed by atoms with E-state index in [0.717, 1.165) is 48.6 Å². The molecule has 1 saturated heterocycles. The maximum Gasteiger partial charge on any atom is 0.313 e. The average molecular weight is 438 g/mol. The molecule has 1 atom stereocenters. The van der Waals surface area contributed by atoms with Gasteiger partial charge in [0.2, 0.25) is 0 Å². The van der Waals surface area contributed by atoms with Crippen LogP contribution >= 0.6 is 0 Å². The van der Waals surface area contributed by atoms with Crippen LogP contribution in [0, 0.1) is 13.8 Å². The van der Waals surface area contributed by atoms with Crippen molar-refractivity contribution >= 4 is 23.2 Å². The van der Waals surface area contributed by atoms with Crippen molar-refractivity contribution in [3.05, 3.63) is 59.2 Å². The number of hydrogen-bond donors (Lipinski definition) is 2. The first-order valence-corrected chi connectivity index (χ1v) is 11.1. The van der Waals surface area contributed by atoms with Crippen LogP contribution in [-0.4, -0.2) is 75.5 Å². The molecule has 0 bridgehead atoms. The van der Waals surface area contributed by atoms with Gasteiger partial charge in [0.25, 0.3) is 0 Å². The van der Waals surface area contributed by atoms with Gasteiger partial charge in [-0.1, -0.05) is 24.3 Å². The van der Waals surface area contributed by atoms with Crippen molar-refractivity contribution < 1.29 is 9.59 Å². The second kappa shape index (κ2) is 10.6. The van der Waals surface area contributed by atoms with Gasteiger partial charge in [-0.15, -0.1) is 0 Å². The van der Waals surface area contributed by atoms with Crippen LogP contribution < -0.4 is 15.5 Å². The summed E-state index contributed by atoms with van der Waals surface area (Å²) in [5.41, 5.74) is 4.88. The minimum absolute atomic E-state index is 0.0115. The fourth-order valence-corrected chi connectivity index (χ4v) is 3.91. The third kappa shape index (κ3) is 6.08. The zero-order chi connectivity index (χ0) is 23.3. The number of nitrogens with one attached hydrogen (secondary N) is 2. The summed E-state index contributed by atoms with van der Waals surface area (Å²) in [5.74, 6) is -1.26. The highest BCUT2D eigenvalue weighted by atomic mass is 16.2. The molecular formula is C25H35N5O2. The van der Waals surface area contributed by atoms with Gasteiger partial charge in [-0.2, -0.15) is 0 Å². The van der Waals surface area contributed by atoms with Crippen LogP contribution in [0.1, 0.15) is 22.7 Å². The van der Waals surface area contributed by atoms with E-state index in [1.165, 1.54) is 0 Å². The van der Waals surface area contributed by atoms with E-state index in [9.17, 15) is 9.59 Å². The van der Waals surface area contributed by atoms with Gasteiger partial charge in [-0.3, -0.25) is 14.5 Å². The van der Waals surface area contributed by atoms with Crippen molar-refractivity contribution in [2.24, 2.45) is 0 Å². The molecule has 3 rings (SSSR count). The monoisotopic (exact) mass is 437 g/mol. The van der Waals surface area contributed by atoms with Gasteiger partial charge in [0.15, 0.2) is 0 Å². The van der Waals surface area contributed by atoms with E-state index in [-0.39, 0.29) is 6.04 Å². The molecule has 1 aliphatic rings. The largest absolute Gasteiger partial charge is 0.378 e. The molecular weight excluding hydrogens is 402 g/mol. The van der Waals surface area contributed by atoms with E-state index in [4.69, 9.17) is 0 Å². The third-order valence-electron chi connectivity index (χ3n) is 6.08. The molecule has 7 nitrogen and oxygen atoms in total. The highest BCUT2D eigenvalue weighted by Gasteiger charge is 2.25. The van der Waals surface area contributed by atoms with Crippen LogP contribution in [0.4, 0.5) is 11.4 Å². The predicted molar refractivity (Wildman–Crippen MR) is 130 cm³/mol. The normalized spacial score (nSPS) is 15.8. The summed E-state index contributed by atoms with van der Waals surface area (Å²) < 4.78 is 0. The molecule has 2 aromatic carbocycles. The molecule has 32 heavy (non-hydrogen) atoms. The minimum atomic E-state index is -0.640. The number of piperazine rings is 1. The molecule has 0 aliphatic carbocycles. The van der Waals surface area contributed by atoms with Gasteiger partial charge in [-0.05, 0) is 55.8 Å². The summed E-state index contributed by atoms with van der Waals surface area (Å²) in [6.45, 7) is 8.04. The van der Waals surface area contributed by atoms with E-state index < -0.39 is 11.8 Å². The fourth-order valence-electron chi connectivity index (χ4n) is 3.91. The number of benzene rings is 2. The number of rotatable bonds is 6. The lowest BCUT2D eigenvalue weighted by Crippen LogP contribution is -2.49. The predicted octanol–water partition coefficient (Wildman–Crippen LogP) is 2.41. The molecule has 1 fully saturated rings. The van der Waals surface area contributed by atoms with Gasteiger partial charge < -0.3 is 20.4 Å². The van der Waals surface area contributed by atoms with E-state index in [1.807, 2.05) is 46.1 Å². The molecule has 2 amide bonds. The minimum Gasteiger partial charge on any atom is -0.378 e. The average Bonchev–Trinajstić information content (AvgIpc) is 2.77. The standard InChI is InChI=1S/C25H35N5O2/c1-18-6-7-19(2)22(16-18)27-25(32)24(31)26-17-23(30-14-12-29(5)13-15-30)20-8-10-21(11-9-20)28(3)4/h6-11,16,23H,12-15,17H2,1-5H3,(H,26,31)(H,27,32)/t23-/m0/s1. The van der Waals surface area contributed by atoms with Crippen LogP contribution in [0.2, 0.25) is 0 Å². The Kier molecular flexibility index (Phi) is 7.88. The summed E-state index contributed by atoms with van der Waals surface area (Å²) in [5, 5.41) is 5.61. The molecule has 1 aliphatic heterocycles. The number of amides is 2. The summed E-state index contributed by atoms with van der Waals surface area (Å²) >= 11 is 0. The Morgan fingerprint density at radius 1 is 0.969 bits per heavy atom. The van der Waals surface area contributed by atoms with Gasteiger partial charge in [0.05, 0.1) is 6.04 Å². The SMILES string of the molecule is Cc1ccc(C)c(NC(=O)C(=O)NC[C@@H](c2ccc(N(C)C)cc2)N2CCN(C)CC2)c1. The Morgan fingerprint density at radius 2 is 1.62 bits per heavy atom. The van der Waals surface area contributed by atoms with Crippen LogP contribution in [0.5, 0.6) is 0 Å². The van der Waals surface area contributed by atoms with Gasteiger partial charge in [0, 0.05) is 58.2 Å². The second-order valence-electron chi connectivity index (χ2n) is 8.82. The number of nitrogens with zero attached hydrogens (tertiary/aromatic N) is 3. The first kappa shape index (κ1) is 23.8. The number of carbonyl (C=O) groups excluding carboxylic acids is 2. The van der Waals surface area contributed by atoms with E-state index in [0.29, 0.717) is 12.2 Å². The first-order valence-electron chi connectivity index (χ1n) is 11.1. The molecule has 2 N–H and O–H groups in total. The van der Waals surface area contributed by atoms with Crippen LogP contribution in [-0.2, 0) is 9.59 Å². The molecule has 0 aromatic heterocycles. The van der Waals surface area contributed by atoms with Gasteiger partial charge >= 0.3 is 11.8 Å². The maximum absolute atomic E-state index is 12.6. The molecule has 2 aromatic rings.